The smallest absolute Gasteiger partial charge is 0.0752 e. The second-order valence-electron chi connectivity index (χ2n) is 3.04. The number of rotatable bonds is 0. The monoisotopic (exact) mass is 544 g/mol. The summed E-state index contributed by atoms with van der Waals surface area (Å²) in [6, 6.07) is 12.0. The minimum absolute atomic E-state index is 0.455. The molecule has 0 heterocycles. The van der Waals surface area contributed by atoms with E-state index in [-0.39, 0.29) is 0 Å². The molecule has 2 aromatic carbocycles. The van der Waals surface area contributed by atoms with Gasteiger partial charge in [-0.15, -0.1) is 0 Å². The van der Waals surface area contributed by atoms with Crippen LogP contribution in [0.2, 0.25) is 20.1 Å². The van der Waals surface area contributed by atoms with Crippen molar-refractivity contribution in [3.8, 4) is 0 Å². The molecule has 0 fully saturated rings. The summed E-state index contributed by atoms with van der Waals surface area (Å²) in [6.07, 6.45) is 0. The Morgan fingerprint density at radius 3 is 0.833 bits per heavy atom. The molecule has 0 bridgehead atoms. The molecule has 0 amide bonds. The van der Waals surface area contributed by atoms with Gasteiger partial charge < -0.3 is 0 Å². The molecule has 18 heavy (non-hydrogen) atoms. The van der Waals surface area contributed by atoms with Gasteiger partial charge in [0.2, 0.25) is 0 Å². The Hall–Kier alpha value is 1.06. The molecule has 0 aliphatic rings. The van der Waals surface area contributed by atoms with Gasteiger partial charge in [-0.25, -0.2) is 0 Å². The van der Waals surface area contributed by atoms with E-state index in [1.165, 1.54) is 0 Å². The average molecular weight is 546 g/mol. The molecule has 0 aromatic heterocycles. The van der Waals surface area contributed by atoms with Crippen LogP contribution in [0.25, 0.3) is 0 Å². The standard InChI is InChI=1S/C6Cl4I2.C6H6/c7-1-2(8)6(12)4(10)3(9)5(1)11;1-2-4-6-5-3-1/h;1-6H. The molecule has 0 nitrogen and oxygen atoms in total. The number of hydrogen-bond acceptors (Lipinski definition) is 0. The maximum Gasteiger partial charge on any atom is 0.0752 e. The molecule has 0 saturated carbocycles. The van der Waals surface area contributed by atoms with Crippen molar-refractivity contribution in [3.05, 3.63) is 63.6 Å². The van der Waals surface area contributed by atoms with Gasteiger partial charge in [0.15, 0.2) is 0 Å². The van der Waals surface area contributed by atoms with Gasteiger partial charge in [-0.3, -0.25) is 0 Å². The lowest BCUT2D eigenvalue weighted by atomic mass is 10.3. The molecule has 0 aliphatic carbocycles. The Morgan fingerprint density at radius 2 is 0.667 bits per heavy atom. The van der Waals surface area contributed by atoms with Crippen LogP contribution in [0.4, 0.5) is 0 Å². The summed E-state index contributed by atoms with van der Waals surface area (Å²) < 4.78 is 1.37. The second-order valence-corrected chi connectivity index (χ2v) is 6.71. The van der Waals surface area contributed by atoms with Crippen LogP contribution >= 0.6 is 91.6 Å². The molecule has 0 spiro atoms. The van der Waals surface area contributed by atoms with Crippen molar-refractivity contribution in [1.82, 2.24) is 0 Å². The molecular weight excluding hydrogens is 540 g/mol. The Bertz CT molecular complexity index is 398. The lowest BCUT2D eigenvalue weighted by Gasteiger charge is -2.06. The predicted octanol–water partition coefficient (Wildman–Crippen LogP) is 7.20. The van der Waals surface area contributed by atoms with Crippen molar-refractivity contribution in [3.63, 3.8) is 0 Å². The van der Waals surface area contributed by atoms with Crippen LogP contribution < -0.4 is 0 Å². The number of benzene rings is 2. The van der Waals surface area contributed by atoms with Gasteiger partial charge in [0, 0.05) is 0 Å². The summed E-state index contributed by atoms with van der Waals surface area (Å²) in [4.78, 5) is 0. The first kappa shape index (κ1) is 17.1. The Balaban J connectivity index is 0.000000225. The van der Waals surface area contributed by atoms with Crippen LogP contribution in [0.15, 0.2) is 36.4 Å². The van der Waals surface area contributed by atoms with Crippen LogP contribution in [-0.2, 0) is 0 Å². The average Bonchev–Trinajstić information content (AvgIpc) is 2.43. The molecule has 0 radical (unpaired) electrons. The van der Waals surface area contributed by atoms with Crippen molar-refractivity contribution < 1.29 is 0 Å². The van der Waals surface area contributed by atoms with E-state index in [1.54, 1.807) is 0 Å². The number of hydrogen-bond donors (Lipinski definition) is 0. The molecule has 2 rings (SSSR count). The van der Waals surface area contributed by atoms with Crippen molar-refractivity contribution in [2.75, 3.05) is 0 Å². The minimum Gasteiger partial charge on any atom is -0.0814 e. The lowest BCUT2D eigenvalue weighted by molar-refractivity contribution is 1.59. The number of halogens is 6. The van der Waals surface area contributed by atoms with E-state index in [2.05, 4.69) is 0 Å². The largest absolute Gasteiger partial charge is 0.0814 e. The third-order valence-corrected chi connectivity index (χ3v) is 6.96. The third kappa shape index (κ3) is 4.56. The first-order chi connectivity index (χ1) is 8.46. The van der Waals surface area contributed by atoms with Gasteiger partial charge >= 0.3 is 0 Å². The Morgan fingerprint density at radius 1 is 0.500 bits per heavy atom. The Kier molecular flexibility index (Phi) is 7.96. The van der Waals surface area contributed by atoms with Gasteiger partial charge in [-0.05, 0) is 45.2 Å². The van der Waals surface area contributed by atoms with Crippen LogP contribution in [-0.4, -0.2) is 0 Å². The zero-order chi connectivity index (χ0) is 13.7. The van der Waals surface area contributed by atoms with E-state index in [0.29, 0.717) is 27.2 Å². The Labute approximate surface area is 153 Å². The first-order valence-electron chi connectivity index (χ1n) is 4.63. The fourth-order valence-corrected chi connectivity index (χ4v) is 3.53. The second kappa shape index (κ2) is 8.37. The van der Waals surface area contributed by atoms with Crippen molar-refractivity contribution in [2.45, 2.75) is 0 Å². The highest BCUT2D eigenvalue weighted by Crippen LogP contribution is 2.41. The highest BCUT2D eigenvalue weighted by Gasteiger charge is 2.16. The third-order valence-electron chi connectivity index (χ3n) is 1.82. The minimum atomic E-state index is 0.455. The van der Waals surface area contributed by atoms with E-state index in [4.69, 9.17) is 46.4 Å². The normalized spacial score (nSPS) is 9.67. The fraction of sp³-hybridized carbons (Fsp3) is 0. The SMILES string of the molecule is Clc1c(Cl)c(I)c(Cl)c(Cl)c1I.c1ccccc1. The lowest BCUT2D eigenvalue weighted by Crippen LogP contribution is -1.86. The molecule has 2 aromatic rings. The summed E-state index contributed by atoms with van der Waals surface area (Å²) in [7, 11) is 0. The van der Waals surface area contributed by atoms with Crippen LogP contribution in [0.3, 0.4) is 0 Å². The van der Waals surface area contributed by atoms with Gasteiger partial charge in [0.05, 0.1) is 27.2 Å². The topological polar surface area (TPSA) is 0 Å². The van der Waals surface area contributed by atoms with E-state index >= 15 is 0 Å². The summed E-state index contributed by atoms with van der Waals surface area (Å²) in [5, 5.41) is 1.82. The molecule has 0 atom stereocenters. The van der Waals surface area contributed by atoms with Crippen LogP contribution in [0, 0.1) is 7.14 Å². The zero-order valence-corrected chi connectivity index (χ0v) is 16.1. The molecule has 6 heteroatoms. The molecular formula is C12H6Cl4I2. The summed E-state index contributed by atoms with van der Waals surface area (Å²) in [5.74, 6) is 0. The van der Waals surface area contributed by atoms with E-state index in [0.717, 1.165) is 0 Å². The summed E-state index contributed by atoms with van der Waals surface area (Å²) >= 11 is 27.5. The molecule has 0 aliphatic heterocycles. The van der Waals surface area contributed by atoms with Crippen molar-refractivity contribution in [2.24, 2.45) is 0 Å². The summed E-state index contributed by atoms with van der Waals surface area (Å²) in [5.41, 5.74) is 0. The van der Waals surface area contributed by atoms with Crippen LogP contribution in [0.1, 0.15) is 0 Å². The maximum atomic E-state index is 5.87. The first-order valence-corrected chi connectivity index (χ1v) is 8.30. The van der Waals surface area contributed by atoms with Gasteiger partial charge in [0.1, 0.15) is 0 Å². The van der Waals surface area contributed by atoms with Crippen molar-refractivity contribution in [1.29, 1.82) is 0 Å². The predicted molar refractivity (Wildman–Crippen MR) is 98.4 cm³/mol. The van der Waals surface area contributed by atoms with Crippen molar-refractivity contribution >= 4 is 91.6 Å². The van der Waals surface area contributed by atoms with Gasteiger partial charge in [0.25, 0.3) is 0 Å². The van der Waals surface area contributed by atoms with Crippen LogP contribution in [0.5, 0.6) is 0 Å². The fourth-order valence-electron chi connectivity index (χ4n) is 0.963. The highest BCUT2D eigenvalue weighted by molar-refractivity contribution is 14.1. The van der Waals surface area contributed by atoms with Gasteiger partial charge in [-0.2, -0.15) is 0 Å². The highest BCUT2D eigenvalue weighted by atomic mass is 127. The molecule has 96 valence electrons. The quantitative estimate of drug-likeness (QED) is 0.187. The van der Waals surface area contributed by atoms with Gasteiger partial charge in [-0.1, -0.05) is 82.8 Å². The van der Waals surface area contributed by atoms with E-state index in [1.807, 2.05) is 81.6 Å². The maximum absolute atomic E-state index is 5.87. The zero-order valence-electron chi connectivity index (χ0n) is 8.73. The van der Waals surface area contributed by atoms with E-state index < -0.39 is 0 Å². The molecule has 0 N–H and O–H groups in total. The molecule has 0 unspecified atom stereocenters. The molecule has 0 saturated heterocycles. The summed E-state index contributed by atoms with van der Waals surface area (Å²) in [6.45, 7) is 0. The van der Waals surface area contributed by atoms with E-state index in [9.17, 15) is 0 Å².